The number of hydrogen-bond acceptors (Lipinski definition) is 4. The van der Waals surface area contributed by atoms with Gasteiger partial charge in [-0.2, -0.15) is 0 Å². The number of benzene rings is 2. The fourth-order valence-corrected chi connectivity index (χ4v) is 3.07. The molecule has 4 rings (SSSR count). The molecular formula is C18H16FN3O. The molecule has 1 atom stereocenters. The Bertz CT molecular complexity index is 910. The van der Waals surface area contributed by atoms with Crippen molar-refractivity contribution in [3.8, 4) is 16.9 Å². The van der Waals surface area contributed by atoms with Gasteiger partial charge >= 0.3 is 0 Å². The second-order valence-electron chi connectivity index (χ2n) is 5.79. The fourth-order valence-electron chi connectivity index (χ4n) is 3.07. The number of aromatic nitrogens is 1. The quantitative estimate of drug-likeness (QED) is 0.763. The van der Waals surface area contributed by atoms with Gasteiger partial charge in [-0.25, -0.2) is 9.37 Å². The maximum absolute atomic E-state index is 14.0. The molecule has 2 aromatic carbocycles. The second-order valence-corrected chi connectivity index (χ2v) is 5.79. The van der Waals surface area contributed by atoms with Crippen molar-refractivity contribution in [2.45, 2.75) is 12.5 Å². The zero-order chi connectivity index (χ0) is 16.0. The molecule has 0 spiro atoms. The van der Waals surface area contributed by atoms with Crippen molar-refractivity contribution in [3.63, 3.8) is 0 Å². The van der Waals surface area contributed by atoms with Crippen molar-refractivity contribution in [3.05, 3.63) is 54.0 Å². The van der Waals surface area contributed by atoms with Crippen LogP contribution in [0.15, 0.2) is 42.6 Å². The summed E-state index contributed by atoms with van der Waals surface area (Å²) in [5, 5.41) is 1.94. The highest BCUT2D eigenvalue weighted by molar-refractivity contribution is 5.89. The molecule has 1 aromatic heterocycles. The number of nitrogen functional groups attached to an aromatic ring is 1. The van der Waals surface area contributed by atoms with E-state index in [1.807, 2.05) is 24.3 Å². The lowest BCUT2D eigenvalue weighted by molar-refractivity contribution is 0.242. The van der Waals surface area contributed by atoms with Gasteiger partial charge in [0.25, 0.3) is 0 Å². The number of hydrogen-bond donors (Lipinski definition) is 2. The molecule has 0 radical (unpaired) electrons. The molecule has 5 heteroatoms. The van der Waals surface area contributed by atoms with Gasteiger partial charge in [0.1, 0.15) is 23.5 Å². The highest BCUT2D eigenvalue weighted by atomic mass is 19.1. The highest BCUT2D eigenvalue weighted by Crippen LogP contribution is 2.40. The van der Waals surface area contributed by atoms with E-state index in [1.165, 1.54) is 12.1 Å². The van der Waals surface area contributed by atoms with Crippen LogP contribution in [0.4, 0.5) is 10.2 Å². The Hall–Kier alpha value is -2.66. The summed E-state index contributed by atoms with van der Waals surface area (Å²) in [6.45, 7) is 0.412. The normalized spacial score (nSPS) is 16.3. The lowest BCUT2D eigenvalue weighted by Crippen LogP contribution is -2.24. The summed E-state index contributed by atoms with van der Waals surface area (Å²) >= 11 is 0. The van der Waals surface area contributed by atoms with Crippen molar-refractivity contribution in [2.24, 2.45) is 5.73 Å². The van der Waals surface area contributed by atoms with Gasteiger partial charge < -0.3 is 16.2 Å². The van der Waals surface area contributed by atoms with Crippen molar-refractivity contribution in [1.29, 1.82) is 0 Å². The highest BCUT2D eigenvalue weighted by Gasteiger charge is 2.26. The van der Waals surface area contributed by atoms with Crippen LogP contribution in [-0.2, 0) is 6.42 Å². The van der Waals surface area contributed by atoms with Gasteiger partial charge in [0, 0.05) is 35.7 Å². The molecule has 1 aliphatic rings. The smallest absolute Gasteiger partial charge is 0.131 e. The predicted octanol–water partition coefficient (Wildman–Crippen LogP) is 2.89. The van der Waals surface area contributed by atoms with Crippen LogP contribution >= 0.6 is 0 Å². The molecule has 2 heterocycles. The number of halogens is 1. The van der Waals surface area contributed by atoms with E-state index < -0.39 is 0 Å². The van der Waals surface area contributed by atoms with Gasteiger partial charge in [-0.05, 0) is 35.2 Å². The van der Waals surface area contributed by atoms with Crippen LogP contribution in [0, 0.1) is 5.82 Å². The molecule has 1 unspecified atom stereocenters. The average Bonchev–Trinajstić information content (AvgIpc) is 2.96. The van der Waals surface area contributed by atoms with E-state index in [-0.39, 0.29) is 11.9 Å². The first kappa shape index (κ1) is 14.0. The number of nitrogens with zero attached hydrogens (tertiary/aromatic N) is 1. The second kappa shape index (κ2) is 5.21. The third-order valence-electron chi connectivity index (χ3n) is 4.18. The molecule has 1 aliphatic heterocycles. The fraction of sp³-hybridized carbons (Fsp3) is 0.167. The first-order valence-electron chi connectivity index (χ1n) is 7.49. The molecule has 0 bridgehead atoms. The minimum absolute atomic E-state index is 0.0918. The van der Waals surface area contributed by atoms with Crippen LogP contribution in [0.25, 0.3) is 21.9 Å². The van der Waals surface area contributed by atoms with Crippen LogP contribution < -0.4 is 16.2 Å². The average molecular weight is 309 g/mol. The molecule has 3 aromatic rings. The Morgan fingerprint density at radius 3 is 2.87 bits per heavy atom. The van der Waals surface area contributed by atoms with Crippen molar-refractivity contribution >= 4 is 16.6 Å². The molecule has 0 saturated heterocycles. The van der Waals surface area contributed by atoms with E-state index in [0.29, 0.717) is 18.8 Å². The van der Waals surface area contributed by atoms with E-state index in [9.17, 15) is 4.39 Å². The Morgan fingerprint density at radius 1 is 1.17 bits per heavy atom. The van der Waals surface area contributed by atoms with Gasteiger partial charge in [-0.3, -0.25) is 0 Å². The first-order chi connectivity index (χ1) is 11.1. The Labute approximate surface area is 132 Å². The number of ether oxygens (including phenoxy) is 1. The van der Waals surface area contributed by atoms with Crippen LogP contribution in [0.3, 0.4) is 0 Å². The maximum Gasteiger partial charge on any atom is 0.131 e. The van der Waals surface area contributed by atoms with E-state index in [2.05, 4.69) is 4.98 Å². The summed E-state index contributed by atoms with van der Waals surface area (Å²) in [7, 11) is 0. The summed E-state index contributed by atoms with van der Waals surface area (Å²) in [6.07, 6.45) is 2.28. The zero-order valence-corrected chi connectivity index (χ0v) is 12.4. The molecule has 4 N–H and O–H groups in total. The largest absolute Gasteiger partial charge is 0.488 e. The van der Waals surface area contributed by atoms with Gasteiger partial charge in [-0.1, -0.05) is 12.1 Å². The van der Waals surface area contributed by atoms with Crippen LogP contribution in [-0.4, -0.2) is 17.6 Å². The summed E-state index contributed by atoms with van der Waals surface area (Å²) in [5.41, 5.74) is 13.9. The lowest BCUT2D eigenvalue weighted by Gasteiger charge is -2.12. The topological polar surface area (TPSA) is 74.2 Å². The monoisotopic (exact) mass is 309 g/mol. The molecule has 0 saturated carbocycles. The molecule has 0 aliphatic carbocycles. The summed E-state index contributed by atoms with van der Waals surface area (Å²) < 4.78 is 19.9. The number of pyridine rings is 1. The zero-order valence-electron chi connectivity index (χ0n) is 12.4. The van der Waals surface area contributed by atoms with Gasteiger partial charge in [0.15, 0.2) is 0 Å². The first-order valence-corrected chi connectivity index (χ1v) is 7.49. The van der Waals surface area contributed by atoms with Crippen LogP contribution in [0.1, 0.15) is 5.56 Å². The van der Waals surface area contributed by atoms with Crippen LogP contribution in [0.5, 0.6) is 5.75 Å². The van der Waals surface area contributed by atoms with E-state index in [4.69, 9.17) is 16.2 Å². The number of anilines is 1. The number of rotatable bonds is 2. The summed E-state index contributed by atoms with van der Waals surface area (Å²) in [4.78, 5) is 4.08. The number of nitrogens with two attached hydrogens (primary N) is 2. The third kappa shape index (κ3) is 2.39. The SMILES string of the molecule is NCC1Cc2cc(F)cc(-c3ccc4cnc(N)cc4c3)c2O1. The summed E-state index contributed by atoms with van der Waals surface area (Å²) in [6, 6.07) is 10.7. The minimum atomic E-state index is -0.269. The lowest BCUT2D eigenvalue weighted by atomic mass is 9.98. The van der Waals surface area contributed by atoms with Crippen molar-refractivity contribution in [1.82, 2.24) is 4.98 Å². The molecule has 0 fully saturated rings. The van der Waals surface area contributed by atoms with Gasteiger partial charge in [-0.15, -0.1) is 0 Å². The predicted molar refractivity (Wildman–Crippen MR) is 88.7 cm³/mol. The molecule has 4 nitrogen and oxygen atoms in total. The van der Waals surface area contributed by atoms with Crippen molar-refractivity contribution in [2.75, 3.05) is 12.3 Å². The third-order valence-corrected chi connectivity index (χ3v) is 4.18. The van der Waals surface area contributed by atoms with E-state index in [1.54, 1.807) is 6.20 Å². The van der Waals surface area contributed by atoms with E-state index >= 15 is 0 Å². The van der Waals surface area contributed by atoms with Gasteiger partial charge in [0.2, 0.25) is 0 Å². The van der Waals surface area contributed by atoms with Crippen LogP contribution in [0.2, 0.25) is 0 Å². The molecule has 116 valence electrons. The molecule has 0 amide bonds. The standard InChI is InChI=1S/C18H16FN3O/c19-14-4-13-5-15(8-20)23-18(13)16(7-14)10-1-2-11-9-22-17(21)6-12(11)3-10/h1-4,6-7,9,15H,5,8,20H2,(H2,21,22). The Balaban J connectivity index is 1.88. The van der Waals surface area contributed by atoms with Crippen molar-refractivity contribution < 1.29 is 9.13 Å². The minimum Gasteiger partial charge on any atom is -0.488 e. The number of fused-ring (bicyclic) bond motifs is 2. The van der Waals surface area contributed by atoms with E-state index in [0.717, 1.165) is 33.2 Å². The Kier molecular flexibility index (Phi) is 3.16. The molecule has 23 heavy (non-hydrogen) atoms. The van der Waals surface area contributed by atoms with Gasteiger partial charge in [0.05, 0.1) is 0 Å². The summed E-state index contributed by atoms with van der Waals surface area (Å²) in [5.74, 6) is 0.913. The molecular weight excluding hydrogens is 293 g/mol. The Morgan fingerprint density at radius 2 is 2.04 bits per heavy atom. The maximum atomic E-state index is 14.0.